The summed E-state index contributed by atoms with van der Waals surface area (Å²) in [6.45, 7) is 4.98. The third kappa shape index (κ3) is 4.70. The number of nitrogens with zero attached hydrogens (tertiary/aromatic N) is 1. The Bertz CT molecular complexity index is 564. The monoisotopic (exact) mass is 338 g/mol. The van der Waals surface area contributed by atoms with Crippen LogP contribution in [0.2, 0.25) is 0 Å². The van der Waals surface area contributed by atoms with Gasteiger partial charge in [-0.25, -0.2) is 4.39 Å². The lowest BCUT2D eigenvalue weighted by atomic mass is 9.97. The van der Waals surface area contributed by atoms with E-state index in [4.69, 9.17) is 5.73 Å². The Kier molecular flexibility index (Phi) is 6.04. The van der Waals surface area contributed by atoms with Crippen LogP contribution in [-0.4, -0.2) is 35.1 Å². The number of benzene rings is 1. The number of hydrogen-bond donors (Lipinski definition) is 1. The van der Waals surface area contributed by atoms with E-state index < -0.39 is 0 Å². The molecule has 6 heteroatoms. The van der Waals surface area contributed by atoms with E-state index in [-0.39, 0.29) is 34.0 Å². The van der Waals surface area contributed by atoms with E-state index in [0.717, 1.165) is 18.4 Å². The van der Waals surface area contributed by atoms with Gasteiger partial charge in [-0.3, -0.25) is 9.59 Å². The molecule has 1 aromatic carbocycles. The molecule has 0 aliphatic carbocycles. The van der Waals surface area contributed by atoms with E-state index in [0.29, 0.717) is 13.1 Å². The van der Waals surface area contributed by atoms with Crippen LogP contribution in [0.3, 0.4) is 0 Å². The molecule has 0 aromatic heterocycles. The number of carbonyl (C=O) groups is 2. The van der Waals surface area contributed by atoms with Gasteiger partial charge in [0.2, 0.25) is 11.8 Å². The Morgan fingerprint density at radius 2 is 1.96 bits per heavy atom. The number of amides is 2. The molecule has 0 radical (unpaired) electrons. The summed E-state index contributed by atoms with van der Waals surface area (Å²) in [4.78, 5) is 25.7. The average molecular weight is 338 g/mol. The average Bonchev–Trinajstić information content (AvgIpc) is 2.54. The highest BCUT2D eigenvalue weighted by molar-refractivity contribution is 8.00. The van der Waals surface area contributed by atoms with Crippen molar-refractivity contribution in [3.8, 4) is 0 Å². The first-order valence-corrected chi connectivity index (χ1v) is 8.81. The number of nitrogens with two attached hydrogens (primary N) is 1. The number of piperidine rings is 1. The molecule has 1 fully saturated rings. The van der Waals surface area contributed by atoms with Gasteiger partial charge in [-0.15, -0.1) is 11.8 Å². The molecule has 2 N–H and O–H groups in total. The molecule has 2 rings (SSSR count). The van der Waals surface area contributed by atoms with Crippen LogP contribution in [0.4, 0.5) is 4.39 Å². The van der Waals surface area contributed by atoms with E-state index in [1.54, 1.807) is 28.8 Å². The predicted molar refractivity (Wildman–Crippen MR) is 90.4 cm³/mol. The zero-order valence-electron chi connectivity index (χ0n) is 13.5. The summed E-state index contributed by atoms with van der Waals surface area (Å²) in [7, 11) is 0. The smallest absolute Gasteiger partial charge is 0.235 e. The maximum Gasteiger partial charge on any atom is 0.235 e. The van der Waals surface area contributed by atoms with Crippen molar-refractivity contribution in [1.29, 1.82) is 0 Å². The summed E-state index contributed by atoms with van der Waals surface area (Å²) in [5, 5.41) is -0.132. The van der Waals surface area contributed by atoms with E-state index in [1.807, 2.05) is 13.8 Å². The Balaban J connectivity index is 1.94. The van der Waals surface area contributed by atoms with Crippen LogP contribution in [0.15, 0.2) is 24.3 Å². The molecular formula is C17H23FN2O2S. The van der Waals surface area contributed by atoms with Crippen molar-refractivity contribution in [3.63, 3.8) is 0 Å². The standard InChI is InChI=1S/C17H23FN2O2S/c1-11(13-5-7-15(18)8-6-13)23-12(2)17(22)20-9-3-4-14(10-20)16(19)21/h5-8,11-12,14H,3-4,9-10H2,1-2H3,(H2,19,21)/t11-,12+,14+/m1/s1. The van der Waals surface area contributed by atoms with Crippen molar-refractivity contribution in [1.82, 2.24) is 4.90 Å². The number of rotatable bonds is 5. The highest BCUT2D eigenvalue weighted by atomic mass is 32.2. The lowest BCUT2D eigenvalue weighted by Crippen LogP contribution is -2.46. The number of halogens is 1. The fraction of sp³-hybridized carbons (Fsp3) is 0.529. The van der Waals surface area contributed by atoms with E-state index >= 15 is 0 Å². The third-order valence-electron chi connectivity index (χ3n) is 4.23. The summed E-state index contributed by atoms with van der Waals surface area (Å²) in [6, 6.07) is 6.35. The summed E-state index contributed by atoms with van der Waals surface area (Å²) in [6.07, 6.45) is 1.57. The number of likely N-dealkylation sites (tertiary alicyclic amines) is 1. The molecular weight excluding hydrogens is 315 g/mol. The predicted octanol–water partition coefficient (Wildman–Crippen LogP) is 2.73. The molecule has 0 saturated carbocycles. The molecule has 0 spiro atoms. The van der Waals surface area contributed by atoms with Crippen LogP contribution in [0.1, 0.15) is 37.5 Å². The minimum Gasteiger partial charge on any atom is -0.369 e. The molecule has 4 nitrogen and oxygen atoms in total. The van der Waals surface area contributed by atoms with Crippen molar-refractivity contribution in [2.24, 2.45) is 11.7 Å². The molecule has 0 bridgehead atoms. The fourth-order valence-corrected chi connectivity index (χ4v) is 4.04. The van der Waals surface area contributed by atoms with Crippen molar-refractivity contribution in [2.45, 2.75) is 37.2 Å². The van der Waals surface area contributed by atoms with Crippen molar-refractivity contribution >= 4 is 23.6 Å². The van der Waals surface area contributed by atoms with E-state index in [1.165, 1.54) is 12.1 Å². The lowest BCUT2D eigenvalue weighted by Gasteiger charge is -2.33. The SMILES string of the molecule is C[C@H](S[C@H](C)c1ccc(F)cc1)C(=O)N1CCC[C@H](C(N)=O)C1. The Labute approximate surface area is 140 Å². The first-order chi connectivity index (χ1) is 10.9. The second-order valence-electron chi connectivity index (χ2n) is 6.00. The summed E-state index contributed by atoms with van der Waals surface area (Å²) in [5.74, 6) is -0.794. The summed E-state index contributed by atoms with van der Waals surface area (Å²) in [5.41, 5.74) is 6.35. The maximum atomic E-state index is 13.0. The third-order valence-corrected chi connectivity index (χ3v) is 5.52. The number of carbonyl (C=O) groups excluding carboxylic acids is 2. The minimum atomic E-state index is -0.331. The first-order valence-electron chi connectivity index (χ1n) is 7.87. The van der Waals surface area contributed by atoms with Crippen LogP contribution in [0.5, 0.6) is 0 Å². The number of hydrogen-bond acceptors (Lipinski definition) is 3. The topological polar surface area (TPSA) is 63.4 Å². The maximum absolute atomic E-state index is 13.0. The Morgan fingerprint density at radius 3 is 2.57 bits per heavy atom. The molecule has 1 aliphatic rings. The first kappa shape index (κ1) is 17.8. The summed E-state index contributed by atoms with van der Waals surface area (Å²) < 4.78 is 13.0. The van der Waals surface area contributed by atoms with E-state index in [2.05, 4.69) is 0 Å². The second-order valence-corrected chi connectivity index (χ2v) is 7.68. The Hall–Kier alpha value is -1.56. The molecule has 1 saturated heterocycles. The van der Waals surface area contributed by atoms with E-state index in [9.17, 15) is 14.0 Å². The van der Waals surface area contributed by atoms with Gasteiger partial charge in [-0.05, 0) is 44.4 Å². The van der Waals surface area contributed by atoms with Gasteiger partial charge < -0.3 is 10.6 Å². The van der Waals surface area contributed by atoms with Crippen molar-refractivity contribution in [3.05, 3.63) is 35.6 Å². The van der Waals surface area contributed by atoms with Crippen LogP contribution in [0.25, 0.3) is 0 Å². The largest absolute Gasteiger partial charge is 0.369 e. The van der Waals surface area contributed by atoms with Crippen LogP contribution >= 0.6 is 11.8 Å². The zero-order chi connectivity index (χ0) is 17.0. The van der Waals surface area contributed by atoms with Crippen molar-refractivity contribution in [2.75, 3.05) is 13.1 Å². The quantitative estimate of drug-likeness (QED) is 0.898. The van der Waals surface area contributed by atoms with Gasteiger partial charge in [-0.2, -0.15) is 0 Å². The fourth-order valence-electron chi connectivity index (χ4n) is 2.84. The number of primary amides is 1. The molecule has 0 unspecified atom stereocenters. The molecule has 1 aliphatic heterocycles. The van der Waals surface area contributed by atoms with Gasteiger partial charge in [0, 0.05) is 18.3 Å². The van der Waals surface area contributed by atoms with Crippen LogP contribution < -0.4 is 5.73 Å². The van der Waals surface area contributed by atoms with Gasteiger partial charge in [-0.1, -0.05) is 12.1 Å². The van der Waals surface area contributed by atoms with Gasteiger partial charge in [0.1, 0.15) is 5.82 Å². The van der Waals surface area contributed by atoms with Gasteiger partial charge in [0.15, 0.2) is 0 Å². The van der Waals surface area contributed by atoms with Gasteiger partial charge >= 0.3 is 0 Å². The normalized spacial score (nSPS) is 20.8. The molecule has 3 atom stereocenters. The highest BCUT2D eigenvalue weighted by Crippen LogP contribution is 2.33. The molecule has 2 amide bonds. The van der Waals surface area contributed by atoms with Gasteiger partial charge in [0.25, 0.3) is 0 Å². The molecule has 126 valence electrons. The zero-order valence-corrected chi connectivity index (χ0v) is 14.3. The highest BCUT2D eigenvalue weighted by Gasteiger charge is 2.30. The molecule has 1 aromatic rings. The Morgan fingerprint density at radius 1 is 1.30 bits per heavy atom. The molecule has 1 heterocycles. The summed E-state index contributed by atoms with van der Waals surface area (Å²) >= 11 is 1.54. The van der Waals surface area contributed by atoms with Crippen molar-refractivity contribution < 1.29 is 14.0 Å². The molecule has 23 heavy (non-hydrogen) atoms. The second kappa shape index (κ2) is 7.81. The minimum absolute atomic E-state index is 0.0370. The van der Waals surface area contributed by atoms with Gasteiger partial charge in [0.05, 0.1) is 11.2 Å². The van der Waals surface area contributed by atoms with Crippen LogP contribution in [-0.2, 0) is 9.59 Å². The lowest BCUT2D eigenvalue weighted by molar-refractivity contribution is -0.134. The number of thioether (sulfide) groups is 1. The van der Waals surface area contributed by atoms with Crippen LogP contribution in [0, 0.1) is 11.7 Å².